The fraction of sp³-hybridized carbons (Fsp3) is 0.0400. The predicted molar refractivity (Wildman–Crippen MR) is 128 cm³/mol. The van der Waals surface area contributed by atoms with Crippen molar-refractivity contribution in [2.75, 3.05) is 22.6 Å². The van der Waals surface area contributed by atoms with Crippen molar-refractivity contribution in [3.8, 4) is 0 Å². The van der Waals surface area contributed by atoms with Crippen LogP contribution in [0.4, 0.5) is 21.5 Å². The fourth-order valence-electron chi connectivity index (χ4n) is 3.32. The number of esters is 1. The number of hydrogen-bond donors (Lipinski definition) is 2. The average Bonchev–Trinajstić information content (AvgIpc) is 3.07. The van der Waals surface area contributed by atoms with Crippen LogP contribution in [0.3, 0.4) is 0 Å². The van der Waals surface area contributed by atoms with E-state index < -0.39 is 29.5 Å². The van der Waals surface area contributed by atoms with E-state index in [9.17, 15) is 23.6 Å². The second kappa shape index (κ2) is 9.78. The fourth-order valence-corrected chi connectivity index (χ4v) is 3.54. The first-order valence-electron chi connectivity index (χ1n) is 10.2. The van der Waals surface area contributed by atoms with E-state index in [1.165, 1.54) is 61.7 Å². The third-order valence-corrected chi connectivity index (χ3v) is 5.45. The molecular formula is C25H17ClFN3O5. The van der Waals surface area contributed by atoms with E-state index in [4.69, 9.17) is 11.6 Å². The van der Waals surface area contributed by atoms with Crippen LogP contribution in [0, 0.1) is 5.82 Å². The maximum absolute atomic E-state index is 14.1. The highest BCUT2D eigenvalue weighted by Gasteiger charge is 2.40. The number of rotatable bonds is 6. The van der Waals surface area contributed by atoms with Gasteiger partial charge in [-0.2, -0.15) is 0 Å². The Hall–Kier alpha value is -4.50. The number of methoxy groups -OCH3 is 1. The number of anilines is 3. The summed E-state index contributed by atoms with van der Waals surface area (Å²) in [6, 6.07) is 17.6. The Labute approximate surface area is 203 Å². The highest BCUT2D eigenvalue weighted by atomic mass is 35.5. The van der Waals surface area contributed by atoms with Gasteiger partial charge in [-0.15, -0.1) is 0 Å². The maximum Gasteiger partial charge on any atom is 0.337 e. The quantitative estimate of drug-likeness (QED) is 0.392. The summed E-state index contributed by atoms with van der Waals surface area (Å²) in [6.07, 6.45) is 0. The highest BCUT2D eigenvalue weighted by Crippen LogP contribution is 2.31. The minimum Gasteiger partial charge on any atom is -0.465 e. The lowest BCUT2D eigenvalue weighted by Crippen LogP contribution is -2.33. The lowest BCUT2D eigenvalue weighted by Gasteiger charge is -2.15. The number of para-hydroxylation sites is 1. The Bertz CT molecular complexity index is 1370. The lowest BCUT2D eigenvalue weighted by molar-refractivity contribution is -0.120. The van der Waals surface area contributed by atoms with Gasteiger partial charge in [-0.3, -0.25) is 14.4 Å². The largest absolute Gasteiger partial charge is 0.465 e. The Morgan fingerprint density at radius 1 is 0.857 bits per heavy atom. The molecule has 0 fully saturated rings. The number of amides is 3. The molecule has 3 aromatic carbocycles. The standard InChI is InChI=1S/C25H17ClFN3O5/c1-35-25(34)15-8-12-17(13-9-15)29-22(31)14-6-10-16(11-7-14)28-21-20(26)23(32)30(24(21)33)19-5-3-2-4-18(19)27/h2-13,28H,1H3,(H,29,31). The van der Waals surface area contributed by atoms with Crippen molar-refractivity contribution in [3.63, 3.8) is 0 Å². The second-order valence-corrected chi connectivity index (χ2v) is 7.69. The maximum atomic E-state index is 14.1. The van der Waals surface area contributed by atoms with Crippen LogP contribution in [0.5, 0.6) is 0 Å². The molecule has 0 bridgehead atoms. The van der Waals surface area contributed by atoms with E-state index in [1.54, 1.807) is 12.1 Å². The summed E-state index contributed by atoms with van der Waals surface area (Å²) in [6.45, 7) is 0. The molecule has 35 heavy (non-hydrogen) atoms. The third-order valence-electron chi connectivity index (χ3n) is 5.10. The molecule has 0 atom stereocenters. The van der Waals surface area contributed by atoms with Crippen molar-refractivity contribution in [1.82, 2.24) is 0 Å². The van der Waals surface area contributed by atoms with Gasteiger partial charge in [0.2, 0.25) is 0 Å². The number of carbonyl (C=O) groups is 4. The van der Waals surface area contributed by atoms with E-state index >= 15 is 0 Å². The smallest absolute Gasteiger partial charge is 0.337 e. The van der Waals surface area contributed by atoms with Gasteiger partial charge in [0.25, 0.3) is 17.7 Å². The molecule has 3 amide bonds. The van der Waals surface area contributed by atoms with Crippen molar-refractivity contribution in [1.29, 1.82) is 0 Å². The Morgan fingerprint density at radius 2 is 1.46 bits per heavy atom. The van der Waals surface area contributed by atoms with Gasteiger partial charge in [0.05, 0.1) is 18.4 Å². The van der Waals surface area contributed by atoms with Crippen LogP contribution < -0.4 is 15.5 Å². The molecule has 10 heteroatoms. The van der Waals surface area contributed by atoms with Gasteiger partial charge in [0, 0.05) is 16.9 Å². The first kappa shape index (κ1) is 23.7. The summed E-state index contributed by atoms with van der Waals surface area (Å²) >= 11 is 6.07. The van der Waals surface area contributed by atoms with Crippen LogP contribution in [-0.2, 0) is 14.3 Å². The molecule has 0 saturated carbocycles. The molecule has 1 heterocycles. The molecule has 4 rings (SSSR count). The van der Waals surface area contributed by atoms with Gasteiger partial charge in [-0.1, -0.05) is 23.7 Å². The number of nitrogens with zero attached hydrogens (tertiary/aromatic N) is 1. The number of carbonyl (C=O) groups excluding carboxylic acids is 4. The summed E-state index contributed by atoms with van der Waals surface area (Å²) in [7, 11) is 1.28. The van der Waals surface area contributed by atoms with Gasteiger partial charge in [0.15, 0.2) is 0 Å². The molecule has 3 aromatic rings. The van der Waals surface area contributed by atoms with Crippen LogP contribution in [0.15, 0.2) is 83.5 Å². The zero-order valence-corrected chi connectivity index (χ0v) is 18.9. The number of imide groups is 1. The monoisotopic (exact) mass is 493 g/mol. The number of nitrogens with one attached hydrogen (secondary N) is 2. The van der Waals surface area contributed by atoms with E-state index in [2.05, 4.69) is 15.4 Å². The summed E-state index contributed by atoms with van der Waals surface area (Å²) in [5.74, 6) is -3.28. The molecule has 0 spiro atoms. The van der Waals surface area contributed by atoms with Gasteiger partial charge < -0.3 is 15.4 Å². The van der Waals surface area contributed by atoms with Crippen LogP contribution in [0.25, 0.3) is 0 Å². The van der Waals surface area contributed by atoms with Crippen LogP contribution in [0.1, 0.15) is 20.7 Å². The topological polar surface area (TPSA) is 105 Å². The minimum absolute atomic E-state index is 0.205. The molecule has 1 aliphatic rings. The number of benzene rings is 3. The van der Waals surface area contributed by atoms with Crippen molar-refractivity contribution >= 4 is 52.4 Å². The molecule has 0 radical (unpaired) electrons. The summed E-state index contributed by atoms with van der Waals surface area (Å²) in [5, 5.41) is 5.09. The van der Waals surface area contributed by atoms with Crippen molar-refractivity contribution in [2.24, 2.45) is 0 Å². The van der Waals surface area contributed by atoms with Crippen LogP contribution >= 0.6 is 11.6 Å². The Balaban J connectivity index is 1.45. The molecule has 2 N–H and O–H groups in total. The molecule has 176 valence electrons. The number of hydrogen-bond acceptors (Lipinski definition) is 6. The van der Waals surface area contributed by atoms with Gasteiger partial charge in [-0.05, 0) is 60.7 Å². The molecule has 0 unspecified atom stereocenters. The zero-order chi connectivity index (χ0) is 25.1. The van der Waals surface area contributed by atoms with Gasteiger partial charge in [0.1, 0.15) is 16.5 Å². The molecule has 1 aliphatic heterocycles. The van der Waals surface area contributed by atoms with Gasteiger partial charge >= 0.3 is 5.97 Å². The van der Waals surface area contributed by atoms with Crippen molar-refractivity contribution < 1.29 is 28.3 Å². The molecule has 0 aromatic heterocycles. The Morgan fingerprint density at radius 3 is 2.09 bits per heavy atom. The van der Waals surface area contributed by atoms with Crippen LogP contribution in [-0.4, -0.2) is 30.8 Å². The minimum atomic E-state index is -0.849. The third kappa shape index (κ3) is 4.75. The van der Waals surface area contributed by atoms with Crippen molar-refractivity contribution in [2.45, 2.75) is 0 Å². The SMILES string of the molecule is COC(=O)c1ccc(NC(=O)c2ccc(NC3=C(Cl)C(=O)N(c4ccccc4F)C3=O)cc2)cc1. The number of ether oxygens (including phenoxy) is 1. The Kier molecular flexibility index (Phi) is 6.61. The summed E-state index contributed by atoms with van der Waals surface area (Å²) in [4.78, 5) is 50.0. The van der Waals surface area contributed by atoms with E-state index in [0.717, 1.165) is 6.07 Å². The van der Waals surface area contributed by atoms with E-state index in [-0.39, 0.29) is 16.4 Å². The van der Waals surface area contributed by atoms with Crippen LogP contribution in [0.2, 0.25) is 0 Å². The lowest BCUT2D eigenvalue weighted by atomic mass is 10.1. The summed E-state index contributed by atoms with van der Waals surface area (Å²) < 4.78 is 18.8. The average molecular weight is 494 g/mol. The van der Waals surface area contributed by atoms with Crippen molar-refractivity contribution in [3.05, 3.63) is 100 Å². The molecule has 0 saturated heterocycles. The predicted octanol–water partition coefficient (Wildman–Crippen LogP) is 4.30. The van der Waals surface area contributed by atoms with E-state index in [0.29, 0.717) is 27.4 Å². The zero-order valence-electron chi connectivity index (χ0n) is 18.2. The summed E-state index contributed by atoms with van der Waals surface area (Å²) in [5.41, 5.74) is 1.11. The normalized spacial score (nSPS) is 13.2. The first-order chi connectivity index (χ1) is 16.8. The second-order valence-electron chi connectivity index (χ2n) is 7.31. The molecule has 8 nitrogen and oxygen atoms in total. The number of halogens is 2. The van der Waals surface area contributed by atoms with Gasteiger partial charge in [-0.25, -0.2) is 14.1 Å². The highest BCUT2D eigenvalue weighted by molar-refractivity contribution is 6.53. The molecular weight excluding hydrogens is 477 g/mol. The molecule has 0 aliphatic carbocycles. The first-order valence-corrected chi connectivity index (χ1v) is 10.6. The van der Waals surface area contributed by atoms with E-state index in [1.807, 2.05) is 0 Å².